The zero-order valence-electron chi connectivity index (χ0n) is 31.9. The van der Waals surface area contributed by atoms with E-state index in [0.29, 0.717) is 0 Å². The molecule has 0 fully saturated rings. The minimum atomic E-state index is -0.412. The predicted octanol–water partition coefficient (Wildman–Crippen LogP) is 12.9. The predicted molar refractivity (Wildman–Crippen MR) is 250 cm³/mol. The van der Waals surface area contributed by atoms with Crippen molar-refractivity contribution >= 4 is 130 Å². The molecule has 0 amide bonds. The van der Waals surface area contributed by atoms with Crippen LogP contribution in [0.15, 0.2) is 179 Å². The van der Waals surface area contributed by atoms with E-state index in [1.54, 1.807) is 0 Å². The van der Waals surface area contributed by atoms with Crippen molar-refractivity contribution in [3.05, 3.63) is 186 Å². The van der Waals surface area contributed by atoms with Gasteiger partial charge in [0, 0.05) is 53.2 Å². The second kappa shape index (κ2) is 11.1. The lowest BCUT2D eigenvalue weighted by molar-refractivity contribution is 0.526. The van der Waals surface area contributed by atoms with Gasteiger partial charge in [-0.3, -0.25) is 9.56 Å². The van der Waals surface area contributed by atoms with Crippen LogP contribution in [-0.2, 0) is 0 Å². The molecular weight excluding hydrogens is 753 g/mol. The number of furan rings is 1. The van der Waals surface area contributed by atoms with Gasteiger partial charge in [-0.1, -0.05) is 121 Å². The van der Waals surface area contributed by atoms with Crippen LogP contribution >= 0.6 is 11.3 Å². The molecule has 5 nitrogen and oxygen atoms in total. The quantitative estimate of drug-likeness (QED) is 0.190. The Hall–Kier alpha value is -7.67. The Bertz CT molecular complexity index is 4270. The van der Waals surface area contributed by atoms with E-state index in [9.17, 15) is 0 Å². The monoisotopic (exact) mass is 782 g/mol. The van der Waals surface area contributed by atoms with E-state index in [-0.39, 0.29) is 0 Å². The first-order valence-corrected chi connectivity index (χ1v) is 21.3. The normalized spacial score (nSPS) is 14.7. The molecule has 1 unspecified atom stereocenters. The molecule has 1 N–H and O–H groups in total. The SMILES string of the molecule is c1ccc2cc3c4c(oc3cc2c1)=C(n1c2ccccc2c2c3ccccc3c3c5ccccc5sc3c21)NC(c1cc2c3ccccc3n3c5ccccc5c(c1)c23)N=4. The van der Waals surface area contributed by atoms with Crippen molar-refractivity contribution in [2.24, 2.45) is 4.99 Å². The van der Waals surface area contributed by atoms with Gasteiger partial charge in [0.2, 0.25) is 0 Å². The lowest BCUT2D eigenvalue weighted by Gasteiger charge is -2.23. The number of fused-ring (bicyclic) bond motifs is 20. The summed E-state index contributed by atoms with van der Waals surface area (Å²) in [5, 5.41) is 20.8. The Kier molecular flexibility index (Phi) is 5.79. The summed E-state index contributed by atoms with van der Waals surface area (Å²) in [5.74, 6) is 0.893. The van der Waals surface area contributed by atoms with Gasteiger partial charge in [-0.25, -0.2) is 0 Å². The van der Waals surface area contributed by atoms with E-state index < -0.39 is 6.17 Å². The molecule has 9 aromatic carbocycles. The van der Waals surface area contributed by atoms with E-state index in [1.807, 2.05) is 11.3 Å². The van der Waals surface area contributed by atoms with Gasteiger partial charge < -0.3 is 14.1 Å². The Morgan fingerprint density at radius 3 is 1.82 bits per heavy atom. The zero-order valence-corrected chi connectivity index (χ0v) is 32.7. The summed E-state index contributed by atoms with van der Waals surface area (Å²) in [6.07, 6.45) is -0.412. The fourth-order valence-corrected chi connectivity index (χ4v) is 12.0. The Morgan fingerprint density at radius 1 is 0.500 bits per heavy atom. The molecule has 15 rings (SSSR count). The minimum absolute atomic E-state index is 0.412. The van der Waals surface area contributed by atoms with Crippen molar-refractivity contribution in [3.63, 3.8) is 0 Å². The minimum Gasteiger partial charge on any atom is -0.450 e. The summed E-state index contributed by atoms with van der Waals surface area (Å²) in [7, 11) is 0. The maximum Gasteiger partial charge on any atom is 0.194 e. The van der Waals surface area contributed by atoms with Crippen LogP contribution in [0.4, 0.5) is 0 Å². The van der Waals surface area contributed by atoms with Gasteiger partial charge in [-0.05, 0) is 75.6 Å². The van der Waals surface area contributed by atoms with E-state index in [2.05, 4.69) is 184 Å². The number of hydrogen-bond acceptors (Lipinski definition) is 4. The van der Waals surface area contributed by atoms with E-state index in [4.69, 9.17) is 9.41 Å². The van der Waals surface area contributed by atoms with Gasteiger partial charge >= 0.3 is 0 Å². The summed E-state index contributed by atoms with van der Waals surface area (Å²) in [6.45, 7) is 0. The summed E-state index contributed by atoms with van der Waals surface area (Å²) in [5.41, 5.74) is 8.66. The second-order valence-corrected chi connectivity index (χ2v) is 17.3. The Labute approximate surface area is 344 Å². The number of nitrogens with one attached hydrogen (secondary N) is 1. The van der Waals surface area contributed by atoms with Gasteiger partial charge in [0.25, 0.3) is 0 Å². The number of rotatable bonds is 2. The molecule has 1 atom stereocenters. The molecule has 0 aliphatic carbocycles. The van der Waals surface area contributed by atoms with Crippen LogP contribution in [0.1, 0.15) is 11.7 Å². The molecule has 0 bridgehead atoms. The molecule has 14 aromatic rings. The largest absolute Gasteiger partial charge is 0.450 e. The number of para-hydroxylation sites is 3. The topological polar surface area (TPSA) is 46.9 Å². The molecule has 6 heterocycles. The first kappa shape index (κ1) is 31.3. The zero-order chi connectivity index (χ0) is 38.8. The average molecular weight is 783 g/mol. The van der Waals surface area contributed by atoms with Gasteiger partial charge in [-0.2, -0.15) is 0 Å². The average Bonchev–Trinajstić information content (AvgIpc) is 4.11. The van der Waals surface area contributed by atoms with Crippen LogP contribution in [-0.4, -0.2) is 8.97 Å². The summed E-state index contributed by atoms with van der Waals surface area (Å²) < 4.78 is 14.5. The number of benzene rings is 9. The lowest BCUT2D eigenvalue weighted by atomic mass is 9.99. The fraction of sp³-hybridized carbons (Fsp3) is 0.0185. The van der Waals surface area contributed by atoms with Crippen molar-refractivity contribution in [2.45, 2.75) is 6.17 Å². The summed E-state index contributed by atoms with van der Waals surface area (Å²) in [6, 6.07) is 61.9. The van der Waals surface area contributed by atoms with Crippen molar-refractivity contribution in [1.29, 1.82) is 0 Å². The number of thiophene rings is 1. The van der Waals surface area contributed by atoms with Crippen LogP contribution in [0.2, 0.25) is 0 Å². The molecule has 1 aliphatic rings. The first-order chi connectivity index (χ1) is 29.8. The molecule has 5 aromatic heterocycles. The van der Waals surface area contributed by atoms with Gasteiger partial charge in [0.05, 0.1) is 32.3 Å². The highest BCUT2D eigenvalue weighted by Crippen LogP contribution is 2.48. The van der Waals surface area contributed by atoms with Crippen LogP contribution in [0.3, 0.4) is 0 Å². The second-order valence-electron chi connectivity index (χ2n) is 16.3. The number of hydrogen-bond donors (Lipinski definition) is 1. The molecule has 1 aliphatic heterocycles. The maximum absolute atomic E-state index is 7.08. The summed E-state index contributed by atoms with van der Waals surface area (Å²) in [4.78, 5) is 5.65. The van der Waals surface area contributed by atoms with Crippen molar-refractivity contribution in [1.82, 2.24) is 14.3 Å². The van der Waals surface area contributed by atoms with Crippen molar-refractivity contribution in [3.8, 4) is 0 Å². The van der Waals surface area contributed by atoms with E-state index in [1.165, 1.54) is 85.3 Å². The number of aromatic nitrogens is 2. The molecule has 0 saturated carbocycles. The molecular formula is C54H30N4OS. The van der Waals surface area contributed by atoms with Gasteiger partial charge in [-0.15, -0.1) is 11.3 Å². The first-order valence-electron chi connectivity index (χ1n) is 20.5. The number of nitrogens with zero attached hydrogens (tertiary/aromatic N) is 3. The Balaban J connectivity index is 1.11. The molecule has 278 valence electrons. The highest BCUT2D eigenvalue weighted by Gasteiger charge is 2.29. The third kappa shape index (κ3) is 3.85. The smallest absolute Gasteiger partial charge is 0.194 e. The van der Waals surface area contributed by atoms with Crippen molar-refractivity contribution < 1.29 is 4.42 Å². The van der Waals surface area contributed by atoms with Crippen LogP contribution in [0.25, 0.3) is 118 Å². The summed E-state index contributed by atoms with van der Waals surface area (Å²) >= 11 is 1.87. The standard InChI is InChI=1S/C54H30N4OS/c1-2-14-30-28-44-40(25-29(30)13-1)48-51(59-44)54(56-53(55-48)31-26-38-32-15-5-9-21-41(32)57-42-22-10-6-16-33(42)39(27-31)49(38)57)58-43-23-11-7-19-36(43)46-34-17-3-4-18-35(34)47-37-20-8-12-24-45(37)60-52(47)50(46)58/h1-28,53,56H. The van der Waals surface area contributed by atoms with Crippen LogP contribution in [0.5, 0.6) is 0 Å². The van der Waals surface area contributed by atoms with E-state index >= 15 is 0 Å². The fourth-order valence-electron chi connectivity index (χ4n) is 10.7. The van der Waals surface area contributed by atoms with E-state index in [0.717, 1.165) is 49.4 Å². The molecule has 0 saturated heterocycles. The lowest BCUT2D eigenvalue weighted by Crippen LogP contribution is -2.40. The third-order valence-electron chi connectivity index (χ3n) is 13.2. The third-order valence-corrected chi connectivity index (χ3v) is 14.4. The molecule has 6 heteroatoms. The van der Waals surface area contributed by atoms with Crippen LogP contribution < -0.4 is 16.1 Å². The van der Waals surface area contributed by atoms with Crippen molar-refractivity contribution in [2.75, 3.05) is 0 Å². The van der Waals surface area contributed by atoms with Crippen LogP contribution in [0, 0.1) is 0 Å². The molecule has 0 radical (unpaired) electrons. The Morgan fingerprint density at radius 2 is 1.08 bits per heavy atom. The molecule has 60 heavy (non-hydrogen) atoms. The maximum atomic E-state index is 7.08. The van der Waals surface area contributed by atoms with Gasteiger partial charge in [0.1, 0.15) is 17.1 Å². The van der Waals surface area contributed by atoms with Gasteiger partial charge in [0.15, 0.2) is 11.2 Å². The highest BCUT2D eigenvalue weighted by molar-refractivity contribution is 7.27. The molecule has 0 spiro atoms. The highest BCUT2D eigenvalue weighted by atomic mass is 32.1.